The molecule has 0 unspecified atom stereocenters. The van der Waals surface area contributed by atoms with E-state index in [1.807, 2.05) is 21.2 Å². The third-order valence-electron chi connectivity index (χ3n) is 6.32. The van der Waals surface area contributed by atoms with Gasteiger partial charge in [0.05, 0.1) is 13.1 Å². The molecule has 2 aliphatic heterocycles. The maximum atomic E-state index is 13.1. The predicted octanol–water partition coefficient (Wildman–Crippen LogP) is 1.67. The van der Waals surface area contributed by atoms with E-state index in [0.29, 0.717) is 45.8 Å². The molecular formula is C20H27BrN4O3S. The Kier molecular flexibility index (Phi) is 5.99. The summed E-state index contributed by atoms with van der Waals surface area (Å²) in [6, 6.07) is 1.64. The van der Waals surface area contributed by atoms with Gasteiger partial charge in [-0.1, -0.05) is 0 Å². The van der Waals surface area contributed by atoms with Crippen molar-refractivity contribution in [3.63, 3.8) is 0 Å². The van der Waals surface area contributed by atoms with Crippen molar-refractivity contribution in [2.75, 3.05) is 39.3 Å². The molecule has 0 aromatic carbocycles. The van der Waals surface area contributed by atoms with Crippen LogP contribution in [0.15, 0.2) is 15.9 Å². The highest BCUT2D eigenvalue weighted by molar-refractivity contribution is 9.10. The van der Waals surface area contributed by atoms with Gasteiger partial charge in [-0.05, 0) is 46.7 Å². The highest BCUT2D eigenvalue weighted by Crippen LogP contribution is 2.54. The molecule has 1 aliphatic carbocycles. The third kappa shape index (κ3) is 4.83. The second-order valence-electron chi connectivity index (χ2n) is 8.47. The van der Waals surface area contributed by atoms with E-state index < -0.39 is 0 Å². The molecule has 158 valence electrons. The SMILES string of the molecule is CC(=O)N1CCN(CC(=O)N2CC3(CC3)C[C@@H]2C(=O)NCc2cc(Br)cs2)CC1. The second kappa shape index (κ2) is 8.35. The maximum absolute atomic E-state index is 13.1. The first-order chi connectivity index (χ1) is 13.8. The lowest BCUT2D eigenvalue weighted by Gasteiger charge is -2.35. The van der Waals surface area contributed by atoms with Crippen molar-refractivity contribution in [3.05, 3.63) is 20.8 Å². The fourth-order valence-corrected chi connectivity index (χ4v) is 5.72. The van der Waals surface area contributed by atoms with Crippen LogP contribution in [-0.4, -0.2) is 77.7 Å². The number of likely N-dealkylation sites (tertiary alicyclic amines) is 1. The normalized spacial score (nSPS) is 23.4. The summed E-state index contributed by atoms with van der Waals surface area (Å²) >= 11 is 5.04. The molecule has 29 heavy (non-hydrogen) atoms. The van der Waals surface area contributed by atoms with Gasteiger partial charge in [0.15, 0.2) is 0 Å². The first-order valence-electron chi connectivity index (χ1n) is 10.1. The summed E-state index contributed by atoms with van der Waals surface area (Å²) in [5.74, 6) is 0.0674. The van der Waals surface area contributed by atoms with Crippen LogP contribution in [0, 0.1) is 5.41 Å². The Labute approximate surface area is 183 Å². The van der Waals surface area contributed by atoms with Crippen LogP contribution in [0.3, 0.4) is 0 Å². The van der Waals surface area contributed by atoms with E-state index >= 15 is 0 Å². The highest BCUT2D eigenvalue weighted by atomic mass is 79.9. The van der Waals surface area contributed by atoms with Crippen molar-refractivity contribution >= 4 is 45.0 Å². The van der Waals surface area contributed by atoms with Crippen molar-refractivity contribution < 1.29 is 14.4 Å². The van der Waals surface area contributed by atoms with Gasteiger partial charge in [0.1, 0.15) is 6.04 Å². The molecule has 0 radical (unpaired) electrons. The molecule has 1 saturated carbocycles. The molecule has 3 aliphatic rings. The largest absolute Gasteiger partial charge is 0.349 e. The van der Waals surface area contributed by atoms with Gasteiger partial charge in [0.2, 0.25) is 17.7 Å². The molecule has 0 bridgehead atoms. The second-order valence-corrected chi connectivity index (χ2v) is 10.4. The van der Waals surface area contributed by atoms with Gasteiger partial charge < -0.3 is 15.1 Å². The molecule has 1 aromatic heterocycles. The lowest BCUT2D eigenvalue weighted by Crippen LogP contribution is -2.53. The zero-order chi connectivity index (χ0) is 20.6. The standard InChI is InChI=1S/C20H27BrN4O3S/c1-14(26)24-6-4-23(5-7-24)11-18(27)25-13-20(2-3-20)9-17(25)19(28)22-10-16-8-15(21)12-29-16/h8,12,17H,2-7,9-11,13H2,1H3,(H,22,28)/t17-/m1/s1. The van der Waals surface area contributed by atoms with E-state index in [1.54, 1.807) is 18.3 Å². The number of nitrogens with one attached hydrogen (secondary N) is 1. The number of thiophene rings is 1. The molecule has 9 heteroatoms. The Balaban J connectivity index is 1.34. The summed E-state index contributed by atoms with van der Waals surface area (Å²) < 4.78 is 1.02. The number of rotatable bonds is 5. The number of carbonyl (C=O) groups excluding carboxylic acids is 3. The van der Waals surface area contributed by atoms with E-state index in [4.69, 9.17) is 0 Å². The number of carbonyl (C=O) groups is 3. The van der Waals surface area contributed by atoms with Gasteiger partial charge in [-0.25, -0.2) is 0 Å². The smallest absolute Gasteiger partial charge is 0.243 e. The summed E-state index contributed by atoms with van der Waals surface area (Å²) in [4.78, 5) is 44.2. The van der Waals surface area contributed by atoms with Gasteiger partial charge >= 0.3 is 0 Å². The van der Waals surface area contributed by atoms with E-state index in [1.165, 1.54) is 0 Å². The molecule has 1 spiro atoms. The van der Waals surface area contributed by atoms with Gasteiger partial charge in [-0.3, -0.25) is 19.3 Å². The van der Waals surface area contributed by atoms with Crippen molar-refractivity contribution in [3.8, 4) is 0 Å². The Morgan fingerprint density at radius 2 is 1.97 bits per heavy atom. The summed E-state index contributed by atoms with van der Waals surface area (Å²) in [7, 11) is 0. The van der Waals surface area contributed by atoms with E-state index in [0.717, 1.165) is 28.6 Å². The van der Waals surface area contributed by atoms with Crippen molar-refractivity contribution in [2.24, 2.45) is 5.41 Å². The molecule has 1 N–H and O–H groups in total. The van der Waals surface area contributed by atoms with Gasteiger partial charge in [-0.2, -0.15) is 0 Å². The first kappa shape index (κ1) is 20.8. The third-order valence-corrected chi connectivity index (χ3v) is 8.02. The minimum atomic E-state index is -0.369. The molecule has 7 nitrogen and oxygen atoms in total. The van der Waals surface area contributed by atoms with Crippen LogP contribution in [0.1, 0.15) is 31.1 Å². The predicted molar refractivity (Wildman–Crippen MR) is 114 cm³/mol. The van der Waals surface area contributed by atoms with Crippen LogP contribution in [0.5, 0.6) is 0 Å². The molecule has 3 fully saturated rings. The summed E-state index contributed by atoms with van der Waals surface area (Å²) in [5, 5.41) is 5.02. The topological polar surface area (TPSA) is 73.0 Å². The molecule has 4 rings (SSSR count). The van der Waals surface area contributed by atoms with Crippen LogP contribution in [0.4, 0.5) is 0 Å². The Morgan fingerprint density at radius 1 is 1.24 bits per heavy atom. The van der Waals surface area contributed by atoms with Crippen LogP contribution in [0.2, 0.25) is 0 Å². The highest BCUT2D eigenvalue weighted by Gasteiger charge is 2.55. The number of hydrogen-bond donors (Lipinski definition) is 1. The molecule has 3 amide bonds. The lowest BCUT2D eigenvalue weighted by atomic mass is 10.0. The van der Waals surface area contributed by atoms with Crippen LogP contribution in [0.25, 0.3) is 0 Å². The van der Waals surface area contributed by atoms with Crippen LogP contribution in [-0.2, 0) is 20.9 Å². The van der Waals surface area contributed by atoms with Gasteiger partial charge in [0.25, 0.3) is 0 Å². The lowest BCUT2D eigenvalue weighted by molar-refractivity contribution is -0.140. The molecule has 3 heterocycles. The van der Waals surface area contributed by atoms with E-state index in [-0.39, 0.29) is 29.2 Å². The van der Waals surface area contributed by atoms with Crippen molar-refractivity contribution in [1.29, 1.82) is 0 Å². The molecular weight excluding hydrogens is 456 g/mol. The average molecular weight is 483 g/mol. The maximum Gasteiger partial charge on any atom is 0.243 e. The fourth-order valence-electron chi connectivity index (χ4n) is 4.33. The fraction of sp³-hybridized carbons (Fsp3) is 0.650. The number of hydrogen-bond acceptors (Lipinski definition) is 5. The zero-order valence-corrected chi connectivity index (χ0v) is 19.1. The summed E-state index contributed by atoms with van der Waals surface area (Å²) in [6.07, 6.45) is 2.99. The summed E-state index contributed by atoms with van der Waals surface area (Å²) in [6.45, 7) is 5.82. The quantitative estimate of drug-likeness (QED) is 0.692. The minimum absolute atomic E-state index is 0.0315. The summed E-state index contributed by atoms with van der Waals surface area (Å²) in [5.41, 5.74) is 0.164. The number of nitrogens with zero attached hydrogens (tertiary/aromatic N) is 3. The first-order valence-corrected chi connectivity index (χ1v) is 11.8. The van der Waals surface area contributed by atoms with Crippen molar-refractivity contribution in [1.82, 2.24) is 20.0 Å². The molecule has 2 saturated heterocycles. The van der Waals surface area contributed by atoms with Crippen molar-refractivity contribution in [2.45, 2.75) is 38.8 Å². The molecule has 1 aromatic rings. The number of piperazine rings is 1. The number of halogens is 1. The van der Waals surface area contributed by atoms with Crippen LogP contribution >= 0.6 is 27.3 Å². The van der Waals surface area contributed by atoms with Gasteiger partial charge in [0, 0.05) is 54.4 Å². The monoisotopic (exact) mass is 482 g/mol. The zero-order valence-electron chi connectivity index (χ0n) is 16.7. The van der Waals surface area contributed by atoms with E-state index in [2.05, 4.69) is 26.1 Å². The Morgan fingerprint density at radius 3 is 2.55 bits per heavy atom. The molecule has 1 atom stereocenters. The number of amides is 3. The Bertz CT molecular complexity index is 801. The van der Waals surface area contributed by atoms with E-state index in [9.17, 15) is 14.4 Å². The average Bonchev–Trinajstić information content (AvgIpc) is 3.13. The van der Waals surface area contributed by atoms with Crippen LogP contribution < -0.4 is 5.32 Å². The van der Waals surface area contributed by atoms with Gasteiger partial charge in [-0.15, -0.1) is 11.3 Å². The minimum Gasteiger partial charge on any atom is -0.349 e. The Hall–Kier alpha value is -1.45.